The number of nitrogens with one attached hydrogen (secondary N) is 1. The van der Waals surface area contributed by atoms with Gasteiger partial charge in [0.1, 0.15) is 5.60 Å². The van der Waals surface area contributed by atoms with Crippen molar-refractivity contribution >= 4 is 0 Å². The fourth-order valence-electron chi connectivity index (χ4n) is 3.59. The molecule has 118 valence electrons. The Morgan fingerprint density at radius 2 is 2.14 bits per heavy atom. The van der Waals surface area contributed by atoms with Crippen LogP contribution in [0.25, 0.3) is 0 Å². The average molecular weight is 293 g/mol. The molecule has 0 spiro atoms. The fraction of sp³-hybridized carbons (Fsp3) is 0.875. The minimum Gasteiger partial charge on any atom is -0.367 e. The summed E-state index contributed by atoms with van der Waals surface area (Å²) in [6, 6.07) is 0. The van der Waals surface area contributed by atoms with Crippen molar-refractivity contribution in [1.29, 1.82) is 0 Å². The lowest BCUT2D eigenvalue weighted by Gasteiger charge is -2.36. The molecule has 1 saturated heterocycles. The van der Waals surface area contributed by atoms with Gasteiger partial charge in [-0.2, -0.15) is 4.98 Å². The second kappa shape index (κ2) is 6.44. The van der Waals surface area contributed by atoms with E-state index >= 15 is 0 Å². The molecule has 0 amide bonds. The van der Waals surface area contributed by atoms with Crippen LogP contribution in [0.1, 0.15) is 70.0 Å². The number of aromatic nitrogens is 2. The van der Waals surface area contributed by atoms with Crippen molar-refractivity contribution in [3.8, 4) is 0 Å². The zero-order chi connectivity index (χ0) is 14.7. The highest BCUT2D eigenvalue weighted by molar-refractivity contribution is 5.06. The number of rotatable bonds is 4. The van der Waals surface area contributed by atoms with Crippen LogP contribution in [0, 0.1) is 5.92 Å². The number of piperidine rings is 1. The van der Waals surface area contributed by atoms with Crippen LogP contribution in [0.3, 0.4) is 0 Å². The van der Waals surface area contributed by atoms with Crippen LogP contribution < -0.4 is 5.32 Å². The smallest absolute Gasteiger partial charge is 0.231 e. The van der Waals surface area contributed by atoms with Crippen LogP contribution in [0.4, 0.5) is 0 Å². The summed E-state index contributed by atoms with van der Waals surface area (Å²) >= 11 is 0. The molecule has 2 heterocycles. The van der Waals surface area contributed by atoms with Gasteiger partial charge in [-0.15, -0.1) is 0 Å². The van der Waals surface area contributed by atoms with E-state index in [2.05, 4.69) is 17.4 Å². The van der Waals surface area contributed by atoms with Crippen molar-refractivity contribution < 1.29 is 9.26 Å². The van der Waals surface area contributed by atoms with E-state index in [9.17, 15) is 0 Å². The molecule has 0 aromatic carbocycles. The van der Waals surface area contributed by atoms with Crippen LogP contribution in [-0.4, -0.2) is 29.8 Å². The third-order valence-electron chi connectivity index (χ3n) is 5.00. The maximum Gasteiger partial charge on any atom is 0.231 e. The third kappa shape index (κ3) is 3.14. The number of ether oxygens (including phenoxy) is 1. The first-order valence-electron chi connectivity index (χ1n) is 8.42. The van der Waals surface area contributed by atoms with E-state index in [1.54, 1.807) is 0 Å². The SMILES string of the molecule is CCOC1(c2noc([C@@H]3CCCNC3)n2)CCC(C)CC1. The Kier molecular flexibility index (Phi) is 4.60. The molecular formula is C16H27N3O2. The largest absolute Gasteiger partial charge is 0.367 e. The molecule has 2 aliphatic rings. The molecule has 1 aliphatic carbocycles. The van der Waals surface area contributed by atoms with Crippen LogP contribution in [0.15, 0.2) is 4.52 Å². The van der Waals surface area contributed by atoms with E-state index in [1.807, 2.05) is 6.92 Å². The van der Waals surface area contributed by atoms with Crippen molar-refractivity contribution in [3.63, 3.8) is 0 Å². The molecule has 0 radical (unpaired) electrons. The van der Waals surface area contributed by atoms with Crippen LogP contribution in [0.2, 0.25) is 0 Å². The lowest BCUT2D eigenvalue weighted by Crippen LogP contribution is -2.35. The lowest BCUT2D eigenvalue weighted by atomic mass is 9.79. The Morgan fingerprint density at radius 3 is 2.81 bits per heavy atom. The molecule has 21 heavy (non-hydrogen) atoms. The molecule has 0 unspecified atom stereocenters. The Balaban J connectivity index is 1.78. The van der Waals surface area contributed by atoms with Gasteiger partial charge in [0.25, 0.3) is 0 Å². The van der Waals surface area contributed by atoms with Crippen LogP contribution in [0.5, 0.6) is 0 Å². The molecule has 1 aromatic heterocycles. The molecule has 3 rings (SSSR count). The first kappa shape index (κ1) is 15.0. The van der Waals surface area contributed by atoms with E-state index in [0.29, 0.717) is 12.5 Å². The van der Waals surface area contributed by atoms with Gasteiger partial charge >= 0.3 is 0 Å². The van der Waals surface area contributed by atoms with Gasteiger partial charge in [-0.1, -0.05) is 12.1 Å². The Hall–Kier alpha value is -0.940. The predicted molar refractivity (Wildman–Crippen MR) is 80.1 cm³/mol. The van der Waals surface area contributed by atoms with Crippen molar-refractivity contribution in [2.24, 2.45) is 5.92 Å². The fourth-order valence-corrected chi connectivity index (χ4v) is 3.59. The summed E-state index contributed by atoms with van der Waals surface area (Å²) in [6.07, 6.45) is 6.67. The Bertz CT molecular complexity index is 446. The minimum absolute atomic E-state index is 0.314. The van der Waals surface area contributed by atoms with Gasteiger partial charge in [-0.25, -0.2) is 0 Å². The highest BCUT2D eigenvalue weighted by atomic mass is 16.5. The van der Waals surface area contributed by atoms with Gasteiger partial charge in [-0.05, 0) is 57.9 Å². The standard InChI is InChI=1S/C16H27N3O2/c1-3-20-16(8-6-12(2)7-9-16)15-18-14(21-19-15)13-5-4-10-17-11-13/h12-13,17H,3-11H2,1-2H3/t12?,13-,16?/m1/s1. The molecule has 1 saturated carbocycles. The third-order valence-corrected chi connectivity index (χ3v) is 5.00. The van der Waals surface area contributed by atoms with Crippen LogP contribution >= 0.6 is 0 Å². The molecule has 5 nitrogen and oxygen atoms in total. The molecule has 1 aromatic rings. The van der Waals surface area contributed by atoms with E-state index in [1.165, 1.54) is 19.3 Å². The summed E-state index contributed by atoms with van der Waals surface area (Å²) in [5.74, 6) is 2.69. The number of hydrogen-bond donors (Lipinski definition) is 1. The summed E-state index contributed by atoms with van der Waals surface area (Å²) in [6.45, 7) is 7.10. The molecule has 2 fully saturated rings. The molecular weight excluding hydrogens is 266 g/mol. The molecule has 1 N–H and O–H groups in total. The van der Waals surface area contributed by atoms with E-state index in [-0.39, 0.29) is 5.60 Å². The van der Waals surface area contributed by atoms with E-state index in [4.69, 9.17) is 14.2 Å². The van der Waals surface area contributed by atoms with Gasteiger partial charge in [0.05, 0.1) is 5.92 Å². The highest BCUT2D eigenvalue weighted by Gasteiger charge is 2.41. The quantitative estimate of drug-likeness (QED) is 0.924. The first-order valence-corrected chi connectivity index (χ1v) is 8.42. The maximum absolute atomic E-state index is 6.10. The maximum atomic E-state index is 6.10. The second-order valence-electron chi connectivity index (χ2n) is 6.61. The van der Waals surface area contributed by atoms with E-state index in [0.717, 1.165) is 50.0 Å². The molecule has 0 bridgehead atoms. The number of nitrogens with zero attached hydrogens (tertiary/aromatic N) is 2. The summed E-state index contributed by atoms with van der Waals surface area (Å²) < 4.78 is 11.7. The minimum atomic E-state index is -0.314. The normalized spacial score (nSPS) is 34.0. The van der Waals surface area contributed by atoms with Crippen molar-refractivity contribution in [1.82, 2.24) is 15.5 Å². The van der Waals surface area contributed by atoms with E-state index < -0.39 is 0 Å². The topological polar surface area (TPSA) is 60.2 Å². The zero-order valence-corrected chi connectivity index (χ0v) is 13.2. The summed E-state index contributed by atoms with van der Waals surface area (Å²) in [4.78, 5) is 4.73. The molecule has 5 heteroatoms. The summed E-state index contributed by atoms with van der Waals surface area (Å²) in [7, 11) is 0. The van der Waals surface area contributed by atoms with Gasteiger partial charge in [0.2, 0.25) is 11.7 Å². The Labute approximate surface area is 126 Å². The number of hydrogen-bond acceptors (Lipinski definition) is 5. The van der Waals surface area contributed by atoms with Gasteiger partial charge in [0.15, 0.2) is 0 Å². The molecule has 1 aliphatic heterocycles. The average Bonchev–Trinajstić information content (AvgIpc) is 3.01. The van der Waals surface area contributed by atoms with Gasteiger partial charge in [0, 0.05) is 13.2 Å². The summed E-state index contributed by atoms with van der Waals surface area (Å²) in [5.41, 5.74) is -0.314. The lowest BCUT2D eigenvalue weighted by molar-refractivity contribution is -0.0847. The predicted octanol–water partition coefficient (Wildman–Crippen LogP) is 2.98. The highest BCUT2D eigenvalue weighted by Crippen LogP contribution is 2.41. The van der Waals surface area contributed by atoms with Crippen LogP contribution in [-0.2, 0) is 10.3 Å². The van der Waals surface area contributed by atoms with Crippen molar-refractivity contribution in [2.75, 3.05) is 19.7 Å². The molecule has 1 atom stereocenters. The van der Waals surface area contributed by atoms with Crippen molar-refractivity contribution in [3.05, 3.63) is 11.7 Å². The first-order chi connectivity index (χ1) is 10.2. The van der Waals surface area contributed by atoms with Gasteiger partial charge < -0.3 is 14.6 Å². The second-order valence-corrected chi connectivity index (χ2v) is 6.61. The summed E-state index contributed by atoms with van der Waals surface area (Å²) in [5, 5.41) is 7.70. The Morgan fingerprint density at radius 1 is 1.33 bits per heavy atom. The monoisotopic (exact) mass is 293 g/mol. The van der Waals surface area contributed by atoms with Crippen molar-refractivity contribution in [2.45, 2.75) is 63.9 Å². The zero-order valence-electron chi connectivity index (χ0n) is 13.2. The van der Waals surface area contributed by atoms with Gasteiger partial charge in [-0.3, -0.25) is 0 Å².